The number of carbonyl (C=O) groups is 2. The highest BCUT2D eigenvalue weighted by molar-refractivity contribution is 5.88. The molecule has 142 valence electrons. The van der Waals surface area contributed by atoms with Gasteiger partial charge in [0.05, 0.1) is 12.3 Å². The van der Waals surface area contributed by atoms with Crippen molar-refractivity contribution in [3.63, 3.8) is 0 Å². The van der Waals surface area contributed by atoms with Crippen LogP contribution in [0.5, 0.6) is 0 Å². The first kappa shape index (κ1) is 21.1. The van der Waals surface area contributed by atoms with E-state index in [1.807, 2.05) is 0 Å². The number of rotatable bonds is 15. The lowest BCUT2D eigenvalue weighted by molar-refractivity contribution is -0.140. The zero-order chi connectivity index (χ0) is 18.3. The molecular weight excluding hydrogens is 320 g/mol. The summed E-state index contributed by atoms with van der Waals surface area (Å²) < 4.78 is 1.34. The fourth-order valence-corrected chi connectivity index (χ4v) is 2.89. The fourth-order valence-electron chi connectivity index (χ4n) is 2.89. The van der Waals surface area contributed by atoms with E-state index < -0.39 is 11.9 Å². The Kier molecular flexibility index (Phi) is 11.3. The van der Waals surface area contributed by atoms with Crippen LogP contribution in [0.15, 0.2) is 12.7 Å². The molecule has 0 aliphatic heterocycles. The number of nitrogens with zero attached hydrogens (tertiary/aromatic N) is 3. The maximum Gasteiger partial charge on any atom is 0.304 e. The van der Waals surface area contributed by atoms with Gasteiger partial charge in [0.2, 0.25) is 5.91 Å². The van der Waals surface area contributed by atoms with Crippen molar-refractivity contribution in [3.8, 4) is 0 Å². The second-order valence-corrected chi connectivity index (χ2v) is 6.61. The predicted octanol–water partition coefficient (Wildman–Crippen LogP) is 3.75. The third-order valence-corrected chi connectivity index (χ3v) is 4.36. The Bertz CT molecular complexity index is 477. The van der Waals surface area contributed by atoms with Crippen LogP contribution in [0.25, 0.3) is 0 Å². The van der Waals surface area contributed by atoms with Crippen LogP contribution in [0.4, 0.5) is 0 Å². The third kappa shape index (κ3) is 10.5. The van der Waals surface area contributed by atoms with Crippen molar-refractivity contribution in [2.24, 2.45) is 5.92 Å². The summed E-state index contributed by atoms with van der Waals surface area (Å²) in [5, 5.41) is 16.2. The maximum absolute atomic E-state index is 12.2. The molecule has 0 aliphatic carbocycles. The van der Waals surface area contributed by atoms with E-state index in [-0.39, 0.29) is 12.3 Å². The van der Waals surface area contributed by atoms with Gasteiger partial charge in [-0.25, -0.2) is 4.68 Å². The van der Waals surface area contributed by atoms with Crippen LogP contribution in [-0.4, -0.2) is 31.9 Å². The van der Waals surface area contributed by atoms with Gasteiger partial charge in [-0.1, -0.05) is 71.1 Å². The maximum atomic E-state index is 12.2. The number of amides is 1. The third-order valence-electron chi connectivity index (χ3n) is 4.36. The first-order chi connectivity index (χ1) is 12.1. The van der Waals surface area contributed by atoms with Crippen LogP contribution < -0.4 is 5.43 Å². The Morgan fingerprint density at radius 2 is 1.48 bits per heavy atom. The van der Waals surface area contributed by atoms with Crippen LogP contribution in [0, 0.1) is 5.92 Å². The van der Waals surface area contributed by atoms with E-state index in [9.17, 15) is 9.59 Å². The number of aromatic nitrogens is 3. The van der Waals surface area contributed by atoms with Gasteiger partial charge in [-0.2, -0.15) is 0 Å². The summed E-state index contributed by atoms with van der Waals surface area (Å²) in [5.74, 6) is -1.76. The van der Waals surface area contributed by atoms with Crippen LogP contribution in [0.3, 0.4) is 0 Å². The van der Waals surface area contributed by atoms with Gasteiger partial charge in [0, 0.05) is 0 Å². The Balaban J connectivity index is 2.16. The molecule has 0 aromatic carbocycles. The zero-order valence-corrected chi connectivity index (χ0v) is 15.3. The second-order valence-electron chi connectivity index (χ2n) is 6.61. The van der Waals surface area contributed by atoms with Crippen molar-refractivity contribution < 1.29 is 14.7 Å². The number of hydrogen-bond donors (Lipinski definition) is 2. The minimum absolute atomic E-state index is 0.147. The molecule has 0 spiro atoms. The van der Waals surface area contributed by atoms with E-state index in [0.717, 1.165) is 19.3 Å². The molecule has 1 amide bonds. The van der Waals surface area contributed by atoms with Crippen LogP contribution in [0.1, 0.15) is 84.0 Å². The lowest BCUT2D eigenvalue weighted by atomic mass is 9.96. The van der Waals surface area contributed by atoms with Crippen LogP contribution in [-0.2, 0) is 9.59 Å². The fraction of sp³-hybridized carbons (Fsp3) is 0.778. The topological polar surface area (TPSA) is 97.1 Å². The average molecular weight is 352 g/mol. The molecule has 1 rings (SSSR count). The minimum atomic E-state index is -0.948. The van der Waals surface area contributed by atoms with Gasteiger partial charge in [-0.05, 0) is 6.42 Å². The van der Waals surface area contributed by atoms with Gasteiger partial charge in [0.25, 0.3) is 0 Å². The zero-order valence-electron chi connectivity index (χ0n) is 15.3. The molecule has 1 aromatic heterocycles. The summed E-state index contributed by atoms with van der Waals surface area (Å²) in [4.78, 5) is 23.2. The van der Waals surface area contributed by atoms with Gasteiger partial charge in [0.1, 0.15) is 12.7 Å². The summed E-state index contributed by atoms with van der Waals surface area (Å²) >= 11 is 0. The lowest BCUT2D eigenvalue weighted by Gasteiger charge is -2.14. The Morgan fingerprint density at radius 3 is 2.00 bits per heavy atom. The average Bonchev–Trinajstić information content (AvgIpc) is 3.08. The van der Waals surface area contributed by atoms with E-state index in [1.165, 1.54) is 62.3 Å². The number of carboxylic acids is 1. The van der Waals surface area contributed by atoms with Crippen molar-refractivity contribution in [2.45, 2.75) is 84.0 Å². The summed E-state index contributed by atoms with van der Waals surface area (Å²) in [6, 6.07) is 0. The molecule has 0 radical (unpaired) electrons. The number of unbranched alkanes of at least 4 members (excludes halogenated alkanes) is 9. The molecule has 7 heteroatoms. The lowest BCUT2D eigenvalue weighted by Crippen LogP contribution is -2.30. The molecule has 0 aliphatic rings. The van der Waals surface area contributed by atoms with Crippen molar-refractivity contribution in [1.29, 1.82) is 0 Å². The number of aliphatic carboxylic acids is 1. The van der Waals surface area contributed by atoms with Crippen molar-refractivity contribution in [2.75, 3.05) is 5.43 Å². The molecule has 1 atom stereocenters. The molecule has 1 unspecified atom stereocenters. The van der Waals surface area contributed by atoms with Gasteiger partial charge in [0.15, 0.2) is 0 Å². The Morgan fingerprint density at radius 1 is 0.960 bits per heavy atom. The number of hydrogen-bond acceptors (Lipinski definition) is 4. The molecular formula is C18H32N4O3. The first-order valence-corrected chi connectivity index (χ1v) is 9.50. The molecule has 1 heterocycles. The van der Waals surface area contributed by atoms with Gasteiger partial charge < -0.3 is 5.11 Å². The molecule has 0 saturated heterocycles. The smallest absolute Gasteiger partial charge is 0.304 e. The van der Waals surface area contributed by atoms with Crippen molar-refractivity contribution in [1.82, 2.24) is 14.9 Å². The predicted molar refractivity (Wildman–Crippen MR) is 96.6 cm³/mol. The molecule has 1 aromatic rings. The van der Waals surface area contributed by atoms with E-state index in [0.29, 0.717) is 6.42 Å². The minimum Gasteiger partial charge on any atom is -0.481 e. The van der Waals surface area contributed by atoms with E-state index in [4.69, 9.17) is 5.11 Å². The van der Waals surface area contributed by atoms with Crippen LogP contribution in [0.2, 0.25) is 0 Å². The summed E-state index contributed by atoms with van der Waals surface area (Å²) in [6.07, 6.45) is 15.4. The highest BCUT2D eigenvalue weighted by atomic mass is 16.4. The molecule has 25 heavy (non-hydrogen) atoms. The van der Waals surface area contributed by atoms with Gasteiger partial charge >= 0.3 is 5.97 Å². The normalized spacial score (nSPS) is 12.0. The quantitative estimate of drug-likeness (QED) is 0.469. The Hall–Kier alpha value is -1.92. The highest BCUT2D eigenvalue weighted by Gasteiger charge is 2.21. The highest BCUT2D eigenvalue weighted by Crippen LogP contribution is 2.17. The van der Waals surface area contributed by atoms with Crippen molar-refractivity contribution in [3.05, 3.63) is 12.7 Å². The number of carbonyl (C=O) groups excluding carboxylic acids is 1. The van der Waals surface area contributed by atoms with Crippen molar-refractivity contribution >= 4 is 11.9 Å². The summed E-state index contributed by atoms with van der Waals surface area (Å²) in [5.41, 5.74) is 2.60. The van der Waals surface area contributed by atoms with E-state index in [1.54, 1.807) is 0 Å². The largest absolute Gasteiger partial charge is 0.481 e. The second kappa shape index (κ2) is 13.4. The van der Waals surface area contributed by atoms with E-state index >= 15 is 0 Å². The van der Waals surface area contributed by atoms with Crippen LogP contribution >= 0.6 is 0 Å². The molecule has 0 saturated carbocycles. The number of nitrogens with one attached hydrogen (secondary N) is 1. The van der Waals surface area contributed by atoms with Gasteiger partial charge in [-0.15, -0.1) is 10.2 Å². The summed E-state index contributed by atoms with van der Waals surface area (Å²) in [7, 11) is 0. The Labute approximate surface area is 150 Å². The standard InChI is InChI=1S/C18H32N4O3/c1-2-3-4-5-6-7-8-9-10-11-12-16(13-17(23)24)18(25)21-22-14-19-20-15-22/h14-16H,2-13H2,1H3,(H,21,25)(H,23,24). The van der Waals surface area contributed by atoms with E-state index in [2.05, 4.69) is 22.5 Å². The molecule has 7 nitrogen and oxygen atoms in total. The monoisotopic (exact) mass is 352 g/mol. The number of carboxylic acid groups (broad SMARTS) is 1. The molecule has 0 fully saturated rings. The molecule has 0 bridgehead atoms. The van der Waals surface area contributed by atoms with Gasteiger partial charge in [-0.3, -0.25) is 15.0 Å². The SMILES string of the molecule is CCCCCCCCCCCCC(CC(=O)O)C(=O)Nn1cnnc1. The summed E-state index contributed by atoms with van der Waals surface area (Å²) in [6.45, 7) is 2.23. The molecule has 2 N–H and O–H groups in total. The first-order valence-electron chi connectivity index (χ1n) is 9.50.